The maximum absolute atomic E-state index is 12.7. The molecule has 0 aromatic heterocycles. The number of rotatable bonds is 31. The van der Waals surface area contributed by atoms with E-state index in [0.717, 1.165) is 38.5 Å². The molecule has 226 valence electrons. The van der Waals surface area contributed by atoms with Gasteiger partial charge in [0.05, 0.1) is 0 Å². The Morgan fingerprint density at radius 3 is 1.03 bits per heavy atom. The highest BCUT2D eigenvalue weighted by molar-refractivity contribution is 6.07. The first-order valence-corrected chi connectivity index (χ1v) is 17.0. The van der Waals surface area contributed by atoms with Gasteiger partial charge in [0.15, 0.2) is 11.3 Å². The van der Waals surface area contributed by atoms with E-state index in [4.69, 9.17) is 5.73 Å². The number of Topliss-reactive ketones (excluding diaryl/α,β-unsaturated/α-hetero) is 1. The number of hydrogen-bond acceptors (Lipinski definition) is 3. The Bertz CT molecular complexity index is 536. The van der Waals surface area contributed by atoms with Crippen LogP contribution in [0, 0.1) is 0 Å². The molecule has 1 unspecified atom stereocenters. The predicted molar refractivity (Wildman–Crippen MR) is 165 cm³/mol. The Morgan fingerprint density at radius 2 is 0.737 bits per heavy atom. The first-order chi connectivity index (χ1) is 18.5. The second-order valence-electron chi connectivity index (χ2n) is 12.0. The molecule has 0 aliphatic carbocycles. The monoisotopic (exact) mass is 538 g/mol. The second kappa shape index (κ2) is 27.7. The summed E-state index contributed by atoms with van der Waals surface area (Å²) in [6, 6.07) is 0. The lowest BCUT2D eigenvalue weighted by molar-refractivity contribution is -0.148. The quantitative estimate of drug-likeness (QED) is 0.0680. The van der Waals surface area contributed by atoms with Crippen LogP contribution in [-0.2, 0) is 9.59 Å². The number of ketones is 1. The highest BCUT2D eigenvalue weighted by atomic mass is 16.4. The lowest BCUT2D eigenvalue weighted by Gasteiger charge is -2.23. The average molecular weight is 538 g/mol. The zero-order valence-corrected chi connectivity index (χ0v) is 25.8. The molecule has 0 aromatic rings. The van der Waals surface area contributed by atoms with Crippen LogP contribution in [0.1, 0.15) is 200 Å². The van der Waals surface area contributed by atoms with Crippen molar-refractivity contribution in [1.82, 2.24) is 0 Å². The minimum atomic E-state index is -1.69. The van der Waals surface area contributed by atoms with E-state index in [9.17, 15) is 14.7 Å². The van der Waals surface area contributed by atoms with Crippen LogP contribution in [0.5, 0.6) is 0 Å². The number of nitrogens with two attached hydrogens (primary N) is 1. The maximum atomic E-state index is 12.7. The van der Waals surface area contributed by atoms with E-state index in [1.807, 2.05) is 0 Å². The largest absolute Gasteiger partial charge is 0.480 e. The number of carbonyl (C=O) groups is 2. The molecular formula is C34H67NO3. The molecular weight excluding hydrogens is 470 g/mol. The van der Waals surface area contributed by atoms with Gasteiger partial charge in [-0.3, -0.25) is 4.79 Å². The molecule has 0 fully saturated rings. The molecule has 38 heavy (non-hydrogen) atoms. The van der Waals surface area contributed by atoms with Gasteiger partial charge in [0.1, 0.15) is 0 Å². The van der Waals surface area contributed by atoms with Crippen LogP contribution < -0.4 is 5.73 Å². The molecule has 0 heterocycles. The lowest BCUT2D eigenvalue weighted by Crippen LogP contribution is -2.54. The molecule has 4 heteroatoms. The fourth-order valence-electron chi connectivity index (χ4n) is 5.49. The first kappa shape index (κ1) is 37.1. The van der Waals surface area contributed by atoms with Crippen LogP contribution in [0.4, 0.5) is 0 Å². The van der Waals surface area contributed by atoms with E-state index < -0.39 is 11.5 Å². The zero-order valence-electron chi connectivity index (χ0n) is 25.8. The second-order valence-corrected chi connectivity index (χ2v) is 12.0. The summed E-state index contributed by atoms with van der Waals surface area (Å²) in [6.45, 7) is 4.52. The highest BCUT2D eigenvalue weighted by Crippen LogP contribution is 2.20. The minimum Gasteiger partial charge on any atom is -0.480 e. The fraction of sp³-hybridized carbons (Fsp3) is 0.941. The fourth-order valence-corrected chi connectivity index (χ4v) is 5.49. The topological polar surface area (TPSA) is 80.4 Å². The average Bonchev–Trinajstić information content (AvgIpc) is 2.91. The summed E-state index contributed by atoms with van der Waals surface area (Å²) in [7, 11) is 0. The molecule has 4 nitrogen and oxygen atoms in total. The van der Waals surface area contributed by atoms with E-state index in [1.165, 1.54) is 135 Å². The van der Waals surface area contributed by atoms with Crippen molar-refractivity contribution in [2.24, 2.45) is 5.73 Å². The van der Waals surface area contributed by atoms with Crippen molar-refractivity contribution < 1.29 is 14.7 Å². The molecule has 0 aliphatic rings. The van der Waals surface area contributed by atoms with Gasteiger partial charge in [-0.2, -0.15) is 0 Å². The summed E-state index contributed by atoms with van der Waals surface area (Å²) >= 11 is 0. The lowest BCUT2D eigenvalue weighted by atomic mass is 9.86. The summed E-state index contributed by atoms with van der Waals surface area (Å²) < 4.78 is 0. The van der Waals surface area contributed by atoms with Gasteiger partial charge in [0.25, 0.3) is 0 Å². The van der Waals surface area contributed by atoms with Crippen molar-refractivity contribution in [3.8, 4) is 0 Å². The molecule has 0 saturated heterocycles. The number of carboxylic acid groups (broad SMARTS) is 1. The maximum Gasteiger partial charge on any atom is 0.331 e. The number of carboxylic acids is 1. The summed E-state index contributed by atoms with van der Waals surface area (Å²) in [4.78, 5) is 24.5. The number of carbonyl (C=O) groups excluding carboxylic acids is 1. The molecule has 0 aliphatic heterocycles. The Morgan fingerprint density at radius 1 is 0.474 bits per heavy atom. The number of unbranched alkanes of at least 4 members (excludes halogenated alkanes) is 25. The molecule has 0 saturated carbocycles. The van der Waals surface area contributed by atoms with E-state index in [0.29, 0.717) is 6.42 Å². The van der Waals surface area contributed by atoms with Gasteiger partial charge in [-0.25, -0.2) is 4.79 Å². The molecule has 0 amide bonds. The zero-order chi connectivity index (χ0) is 28.2. The molecule has 0 radical (unpaired) electrons. The van der Waals surface area contributed by atoms with Crippen LogP contribution in [0.3, 0.4) is 0 Å². The Labute approximate surface area is 237 Å². The molecule has 0 rings (SSSR count). The summed E-state index contributed by atoms with van der Waals surface area (Å²) in [5, 5.41) is 9.66. The third-order valence-corrected chi connectivity index (χ3v) is 8.31. The van der Waals surface area contributed by atoms with Crippen LogP contribution in [0.2, 0.25) is 0 Å². The summed E-state index contributed by atoms with van der Waals surface area (Å²) in [5.41, 5.74) is 4.44. The molecule has 3 N–H and O–H groups in total. The van der Waals surface area contributed by atoms with E-state index in [-0.39, 0.29) is 12.2 Å². The minimum absolute atomic E-state index is 0.275. The molecule has 1 atom stereocenters. The third-order valence-electron chi connectivity index (χ3n) is 8.31. The Kier molecular flexibility index (Phi) is 27.0. The van der Waals surface area contributed by atoms with Crippen molar-refractivity contribution in [3.05, 3.63) is 0 Å². The Hall–Kier alpha value is -0.900. The van der Waals surface area contributed by atoms with Gasteiger partial charge in [-0.15, -0.1) is 0 Å². The highest BCUT2D eigenvalue weighted by Gasteiger charge is 2.40. The number of aliphatic carboxylic acids is 1. The Balaban J connectivity index is 3.70. The van der Waals surface area contributed by atoms with Gasteiger partial charge < -0.3 is 10.8 Å². The van der Waals surface area contributed by atoms with Crippen LogP contribution in [-0.4, -0.2) is 22.4 Å². The third kappa shape index (κ3) is 22.0. The standard InChI is InChI=1S/C34H67NO3/c1-3-5-7-9-11-13-15-17-18-19-20-22-24-26-28-30-32(36)34(35,33(37)38)31-29-27-25-23-21-16-14-12-10-8-6-4-2/h3-31,35H2,1-2H3,(H,37,38). The smallest absolute Gasteiger partial charge is 0.331 e. The van der Waals surface area contributed by atoms with Crippen molar-refractivity contribution in [3.63, 3.8) is 0 Å². The van der Waals surface area contributed by atoms with E-state index in [1.54, 1.807) is 0 Å². The molecule has 0 aromatic carbocycles. The van der Waals surface area contributed by atoms with Crippen molar-refractivity contribution >= 4 is 11.8 Å². The van der Waals surface area contributed by atoms with Crippen molar-refractivity contribution in [1.29, 1.82) is 0 Å². The normalized spacial score (nSPS) is 13.0. The van der Waals surface area contributed by atoms with Gasteiger partial charge in [0, 0.05) is 6.42 Å². The van der Waals surface area contributed by atoms with Gasteiger partial charge in [-0.1, -0.05) is 181 Å². The van der Waals surface area contributed by atoms with Gasteiger partial charge in [-0.05, 0) is 12.8 Å². The van der Waals surface area contributed by atoms with Gasteiger partial charge >= 0.3 is 5.97 Å². The van der Waals surface area contributed by atoms with Crippen LogP contribution in [0.15, 0.2) is 0 Å². The van der Waals surface area contributed by atoms with Crippen LogP contribution in [0.25, 0.3) is 0 Å². The van der Waals surface area contributed by atoms with E-state index in [2.05, 4.69) is 13.8 Å². The van der Waals surface area contributed by atoms with Crippen molar-refractivity contribution in [2.45, 2.75) is 206 Å². The summed E-state index contributed by atoms with van der Waals surface area (Å²) in [6.07, 6.45) is 34.4. The first-order valence-electron chi connectivity index (χ1n) is 17.0. The number of hydrogen-bond donors (Lipinski definition) is 2. The van der Waals surface area contributed by atoms with Crippen LogP contribution >= 0.6 is 0 Å². The van der Waals surface area contributed by atoms with Crippen molar-refractivity contribution in [2.75, 3.05) is 0 Å². The van der Waals surface area contributed by atoms with E-state index >= 15 is 0 Å². The summed E-state index contributed by atoms with van der Waals surface area (Å²) in [5.74, 6) is -1.42. The predicted octanol–water partition coefficient (Wildman–Crippen LogP) is 10.7. The molecule has 0 bridgehead atoms. The molecule has 0 spiro atoms. The van der Waals surface area contributed by atoms with Gasteiger partial charge in [0.2, 0.25) is 0 Å². The SMILES string of the molecule is CCCCCCCCCCCCCCCCCC(=O)C(N)(CCCCCCCCCCCCCC)C(=O)O.